The van der Waals surface area contributed by atoms with Gasteiger partial charge in [-0.05, 0) is 12.1 Å². The molecule has 0 aliphatic carbocycles. The van der Waals surface area contributed by atoms with Gasteiger partial charge in [0.1, 0.15) is 5.69 Å². The van der Waals surface area contributed by atoms with Gasteiger partial charge >= 0.3 is 0 Å². The van der Waals surface area contributed by atoms with Gasteiger partial charge in [-0.25, -0.2) is 4.98 Å². The smallest absolute Gasteiger partial charge is 0.255 e. The number of carbonyl (C=O) groups excluding carboxylic acids is 1. The predicted molar refractivity (Wildman–Crippen MR) is 97.8 cm³/mol. The number of hydrogen-bond acceptors (Lipinski definition) is 7. The van der Waals surface area contributed by atoms with Crippen molar-refractivity contribution >= 4 is 34.8 Å². The summed E-state index contributed by atoms with van der Waals surface area (Å²) in [5.74, 6) is 0.546. The normalized spacial score (nSPS) is 11.5. The highest BCUT2D eigenvalue weighted by molar-refractivity contribution is 7.16. The number of anilines is 1. The van der Waals surface area contributed by atoms with Crippen LogP contribution in [0.5, 0.6) is 0 Å². The van der Waals surface area contributed by atoms with E-state index in [0.717, 1.165) is 4.88 Å². The first-order chi connectivity index (χ1) is 11.8. The van der Waals surface area contributed by atoms with Crippen molar-refractivity contribution < 1.29 is 4.79 Å². The lowest BCUT2D eigenvalue weighted by Crippen LogP contribution is -2.29. The molecule has 0 saturated carbocycles. The summed E-state index contributed by atoms with van der Waals surface area (Å²) in [5.41, 5.74) is -0.0964. The Hall–Kier alpha value is -2.32. The number of nitrogens with one attached hydrogen (secondary N) is 1. The van der Waals surface area contributed by atoms with E-state index in [2.05, 4.69) is 25.4 Å². The molecule has 0 aliphatic rings. The predicted octanol–water partition coefficient (Wildman–Crippen LogP) is 3.75. The Morgan fingerprint density at radius 1 is 1.32 bits per heavy atom. The average Bonchev–Trinajstić information content (AvgIpc) is 3.18. The number of aromatic nitrogens is 5. The van der Waals surface area contributed by atoms with E-state index in [1.807, 2.05) is 32.9 Å². The molecule has 0 spiro atoms. The Balaban J connectivity index is 1.93. The number of hydrogen-bond donors (Lipinski definition) is 1. The zero-order chi connectivity index (χ0) is 18.0. The van der Waals surface area contributed by atoms with Crippen molar-refractivity contribution in [1.29, 1.82) is 0 Å². The molecule has 3 aromatic rings. The Labute approximate surface area is 154 Å². The fourth-order valence-electron chi connectivity index (χ4n) is 2.02. The van der Waals surface area contributed by atoms with Crippen molar-refractivity contribution in [3.8, 4) is 11.5 Å². The van der Waals surface area contributed by atoms with Gasteiger partial charge in [0.2, 0.25) is 11.8 Å². The van der Waals surface area contributed by atoms with Crippen molar-refractivity contribution in [1.82, 2.24) is 24.7 Å². The summed E-state index contributed by atoms with van der Waals surface area (Å²) in [6, 6.07) is 3.76. The highest BCUT2D eigenvalue weighted by Gasteiger charge is 2.28. The number of rotatable bonds is 4. The van der Waals surface area contributed by atoms with E-state index in [9.17, 15) is 4.79 Å². The van der Waals surface area contributed by atoms with Crippen LogP contribution in [0.4, 0.5) is 5.95 Å². The molecular weight excluding hydrogens is 360 g/mol. The summed E-state index contributed by atoms with van der Waals surface area (Å²) in [4.78, 5) is 26.4. The molecular formula is C16H17ClN6OS. The molecule has 0 fully saturated rings. The minimum Gasteiger partial charge on any atom is -0.349 e. The van der Waals surface area contributed by atoms with Gasteiger partial charge in [0.15, 0.2) is 0 Å². The van der Waals surface area contributed by atoms with Crippen LogP contribution in [0.25, 0.3) is 11.5 Å². The lowest BCUT2D eigenvalue weighted by molar-refractivity contribution is 0.0752. The molecule has 0 bridgehead atoms. The molecule has 0 amide bonds. The van der Waals surface area contributed by atoms with Crippen LogP contribution < -0.4 is 5.32 Å². The summed E-state index contributed by atoms with van der Waals surface area (Å²) in [6.45, 7) is 6.00. The second-order valence-corrected chi connectivity index (χ2v) is 8.18. The highest BCUT2D eigenvalue weighted by atomic mass is 35.5. The second kappa shape index (κ2) is 6.89. The number of nitrogens with zero attached hydrogens (tertiary/aromatic N) is 5. The molecule has 3 heterocycles. The van der Waals surface area contributed by atoms with Gasteiger partial charge in [0, 0.05) is 22.7 Å². The molecule has 3 rings (SSSR count). The van der Waals surface area contributed by atoms with Crippen LogP contribution in [0.1, 0.15) is 30.4 Å². The maximum Gasteiger partial charge on any atom is 0.255 e. The van der Waals surface area contributed by atoms with Gasteiger partial charge in [-0.2, -0.15) is 9.67 Å². The Bertz CT molecular complexity index is 884. The van der Waals surface area contributed by atoms with E-state index < -0.39 is 5.41 Å². The third-order valence-corrected chi connectivity index (χ3v) is 4.51. The molecule has 0 atom stereocenters. The SMILES string of the molecule is CC(C)(C)C(=O)n1nc(-c2cnccn2)nc1NCc1ccc(Cl)s1. The number of thiophene rings is 1. The van der Waals surface area contributed by atoms with Crippen LogP contribution in [0.3, 0.4) is 0 Å². The van der Waals surface area contributed by atoms with Crippen molar-refractivity contribution in [2.24, 2.45) is 5.41 Å². The molecule has 0 unspecified atom stereocenters. The first-order valence-electron chi connectivity index (χ1n) is 7.61. The van der Waals surface area contributed by atoms with Gasteiger partial charge in [0.05, 0.1) is 17.1 Å². The minimum absolute atomic E-state index is 0.165. The third kappa shape index (κ3) is 4.02. The molecule has 25 heavy (non-hydrogen) atoms. The van der Waals surface area contributed by atoms with Crippen LogP contribution in [-0.2, 0) is 6.54 Å². The Morgan fingerprint density at radius 2 is 2.12 bits per heavy atom. The zero-order valence-electron chi connectivity index (χ0n) is 14.0. The molecule has 9 heteroatoms. The molecule has 1 N–H and O–H groups in total. The first kappa shape index (κ1) is 17.5. The molecule has 130 valence electrons. The molecule has 0 saturated heterocycles. The van der Waals surface area contributed by atoms with E-state index in [0.29, 0.717) is 28.3 Å². The topological polar surface area (TPSA) is 85.6 Å². The average molecular weight is 377 g/mol. The zero-order valence-corrected chi connectivity index (χ0v) is 15.6. The second-order valence-electron chi connectivity index (χ2n) is 6.38. The van der Waals surface area contributed by atoms with Gasteiger partial charge < -0.3 is 5.32 Å². The minimum atomic E-state index is -0.601. The highest BCUT2D eigenvalue weighted by Crippen LogP contribution is 2.24. The first-order valence-corrected chi connectivity index (χ1v) is 8.80. The Morgan fingerprint density at radius 3 is 2.72 bits per heavy atom. The lowest BCUT2D eigenvalue weighted by Gasteiger charge is -2.17. The van der Waals surface area contributed by atoms with Crippen LogP contribution >= 0.6 is 22.9 Å². The van der Waals surface area contributed by atoms with Gasteiger partial charge in [-0.3, -0.25) is 9.78 Å². The number of halogens is 1. The van der Waals surface area contributed by atoms with Crippen molar-refractivity contribution in [3.05, 3.63) is 39.9 Å². The molecule has 0 aromatic carbocycles. The van der Waals surface area contributed by atoms with E-state index >= 15 is 0 Å². The molecule has 7 nitrogen and oxygen atoms in total. The quantitative estimate of drug-likeness (QED) is 0.746. The summed E-state index contributed by atoms with van der Waals surface area (Å²) in [5, 5.41) is 7.49. The van der Waals surface area contributed by atoms with E-state index in [4.69, 9.17) is 11.6 Å². The summed E-state index contributed by atoms with van der Waals surface area (Å²) in [7, 11) is 0. The van der Waals surface area contributed by atoms with Crippen molar-refractivity contribution in [2.75, 3.05) is 5.32 Å². The van der Waals surface area contributed by atoms with Crippen LogP contribution in [0, 0.1) is 5.41 Å². The fraction of sp³-hybridized carbons (Fsp3) is 0.312. The van der Waals surface area contributed by atoms with Gasteiger partial charge in [-0.15, -0.1) is 16.4 Å². The third-order valence-electron chi connectivity index (χ3n) is 3.28. The van der Waals surface area contributed by atoms with E-state index in [1.54, 1.807) is 18.6 Å². The summed E-state index contributed by atoms with van der Waals surface area (Å²) >= 11 is 7.42. The monoisotopic (exact) mass is 376 g/mol. The van der Waals surface area contributed by atoms with Crippen molar-refractivity contribution in [3.63, 3.8) is 0 Å². The van der Waals surface area contributed by atoms with E-state index in [1.165, 1.54) is 16.0 Å². The molecule has 0 radical (unpaired) electrons. The molecule has 3 aromatic heterocycles. The van der Waals surface area contributed by atoms with Gasteiger partial charge in [0.25, 0.3) is 5.91 Å². The maximum atomic E-state index is 12.7. The Kier molecular flexibility index (Phi) is 4.82. The van der Waals surface area contributed by atoms with Crippen molar-refractivity contribution in [2.45, 2.75) is 27.3 Å². The maximum absolute atomic E-state index is 12.7. The van der Waals surface area contributed by atoms with Crippen LogP contribution in [0.2, 0.25) is 4.34 Å². The van der Waals surface area contributed by atoms with Crippen LogP contribution in [0.15, 0.2) is 30.7 Å². The van der Waals surface area contributed by atoms with E-state index in [-0.39, 0.29) is 5.91 Å². The fourth-order valence-corrected chi connectivity index (χ4v) is 3.05. The largest absolute Gasteiger partial charge is 0.349 e. The lowest BCUT2D eigenvalue weighted by atomic mass is 9.96. The summed E-state index contributed by atoms with van der Waals surface area (Å²) < 4.78 is 2.00. The van der Waals surface area contributed by atoms with Gasteiger partial charge in [-0.1, -0.05) is 32.4 Å². The summed E-state index contributed by atoms with van der Waals surface area (Å²) in [6.07, 6.45) is 4.69. The molecule has 0 aliphatic heterocycles. The number of carbonyl (C=O) groups is 1. The van der Waals surface area contributed by atoms with Crippen LogP contribution in [-0.4, -0.2) is 30.6 Å². The standard InChI is InChI=1S/C16H17ClN6OS/c1-16(2,3)14(24)23-15(20-8-10-4-5-12(17)25-10)21-13(22-23)11-9-18-6-7-19-11/h4-7,9H,8H2,1-3H3,(H,20,21,22).